The van der Waals surface area contributed by atoms with E-state index in [1.54, 1.807) is 6.07 Å². The van der Waals surface area contributed by atoms with E-state index in [9.17, 15) is 5.11 Å². The third kappa shape index (κ3) is 4.73. The van der Waals surface area contributed by atoms with E-state index in [0.29, 0.717) is 17.5 Å². The second kappa shape index (κ2) is 11.3. The average Bonchev–Trinajstić information content (AvgIpc) is 3.39. The van der Waals surface area contributed by atoms with Crippen molar-refractivity contribution in [3.63, 3.8) is 0 Å². The number of nitrogens with zero attached hydrogens (tertiary/aromatic N) is 6. The zero-order valence-electron chi connectivity index (χ0n) is 24.7. The molecule has 4 aromatic carbocycles. The summed E-state index contributed by atoms with van der Waals surface area (Å²) >= 11 is 3.65. The van der Waals surface area contributed by atoms with E-state index < -0.39 is 6.04 Å². The molecular weight excluding hydrogens is 614 g/mol. The zero-order chi connectivity index (χ0) is 30.4. The van der Waals surface area contributed by atoms with Crippen LogP contribution in [0.3, 0.4) is 0 Å². The molecular formula is C35H32BrN7O. The Kier molecular flexibility index (Phi) is 7.18. The van der Waals surface area contributed by atoms with Gasteiger partial charge in [-0.2, -0.15) is 5.10 Å². The summed E-state index contributed by atoms with van der Waals surface area (Å²) in [6.07, 6.45) is 0. The maximum atomic E-state index is 11.3. The highest BCUT2D eigenvalue weighted by atomic mass is 79.9. The number of benzene rings is 4. The fourth-order valence-electron chi connectivity index (χ4n) is 6.07. The molecule has 1 atom stereocenters. The van der Waals surface area contributed by atoms with E-state index in [0.717, 1.165) is 57.1 Å². The molecule has 3 heterocycles. The highest BCUT2D eigenvalue weighted by Crippen LogP contribution is 2.50. The predicted molar refractivity (Wildman–Crippen MR) is 183 cm³/mol. The second-order valence-corrected chi connectivity index (χ2v) is 11.7. The summed E-state index contributed by atoms with van der Waals surface area (Å²) in [5, 5.41) is 19.9. The van der Waals surface area contributed by atoms with E-state index in [-0.39, 0.29) is 5.75 Å². The van der Waals surface area contributed by atoms with Crippen molar-refractivity contribution >= 4 is 56.2 Å². The van der Waals surface area contributed by atoms with Gasteiger partial charge < -0.3 is 20.2 Å². The van der Waals surface area contributed by atoms with E-state index in [1.807, 2.05) is 78.3 Å². The standard InChI is InChI=1S/C35H32BrN7O/c1-4-41(5-2)25-18-16-24(17-19-25)37-33-35-39-34-31(22(3)40-43(34)26-11-7-6-8-12-26)32(27-21-23(36)15-20-30(27)44)42(35)29-14-10-9-13-28(29)38-33/h6-21,32,44H,4-5H2,1-3H3,(H,37,38)/t32-/m1/s1. The van der Waals surface area contributed by atoms with Crippen LogP contribution < -0.4 is 15.1 Å². The lowest BCUT2D eigenvalue weighted by molar-refractivity contribution is 0.465. The number of hydrogen-bond donors (Lipinski definition) is 2. The Bertz CT molecular complexity index is 1910. The Labute approximate surface area is 265 Å². The molecule has 5 aromatic rings. The van der Waals surface area contributed by atoms with Crippen molar-refractivity contribution in [3.05, 3.63) is 118 Å². The number of hydrogen-bond acceptors (Lipinski definition) is 7. The molecule has 0 radical (unpaired) electrons. The van der Waals surface area contributed by atoms with Crippen LogP contribution in [-0.4, -0.2) is 39.6 Å². The lowest BCUT2D eigenvalue weighted by Crippen LogP contribution is -2.46. The Morgan fingerprint density at radius 3 is 2.36 bits per heavy atom. The third-order valence-electron chi connectivity index (χ3n) is 8.18. The smallest absolute Gasteiger partial charge is 0.179 e. The number of aromatic hydroxyl groups is 1. The van der Waals surface area contributed by atoms with Crippen LogP contribution in [0.2, 0.25) is 0 Å². The van der Waals surface area contributed by atoms with Crippen molar-refractivity contribution in [3.8, 4) is 11.4 Å². The number of aryl methyl sites for hydroxylation is 1. The number of para-hydroxylation sites is 3. The molecule has 0 saturated heterocycles. The average molecular weight is 647 g/mol. The number of halogens is 1. The number of rotatable bonds is 6. The monoisotopic (exact) mass is 645 g/mol. The molecule has 2 N–H and O–H groups in total. The molecule has 0 bridgehead atoms. The highest BCUT2D eigenvalue weighted by Gasteiger charge is 2.42. The second-order valence-electron chi connectivity index (χ2n) is 10.8. The minimum Gasteiger partial charge on any atom is -0.508 e. The van der Waals surface area contributed by atoms with Crippen molar-refractivity contribution in [2.75, 3.05) is 28.2 Å². The predicted octanol–water partition coefficient (Wildman–Crippen LogP) is 8.29. The summed E-state index contributed by atoms with van der Waals surface area (Å²) in [5.41, 5.74) is 7.18. The van der Waals surface area contributed by atoms with Gasteiger partial charge in [0.2, 0.25) is 0 Å². The summed E-state index contributed by atoms with van der Waals surface area (Å²) < 4.78 is 2.75. The molecule has 44 heavy (non-hydrogen) atoms. The summed E-state index contributed by atoms with van der Waals surface area (Å²) in [7, 11) is 0. The van der Waals surface area contributed by atoms with Gasteiger partial charge in [-0.1, -0.05) is 46.3 Å². The Morgan fingerprint density at radius 2 is 1.61 bits per heavy atom. The molecule has 7 rings (SSSR count). The SMILES string of the molecule is CCN(CC)c1ccc(NC2=Nc3ccccc3N3C2=Nc2c(c(C)nn2-c2ccccc2)[C@H]3c2cc(Br)ccc2O)cc1. The van der Waals surface area contributed by atoms with Crippen LogP contribution in [0.1, 0.15) is 36.7 Å². The molecule has 220 valence electrons. The van der Waals surface area contributed by atoms with Gasteiger partial charge >= 0.3 is 0 Å². The van der Waals surface area contributed by atoms with Crippen LogP contribution in [0.25, 0.3) is 5.69 Å². The number of nitrogens with one attached hydrogen (secondary N) is 1. The normalized spacial score (nSPS) is 15.1. The van der Waals surface area contributed by atoms with Crippen LogP contribution >= 0.6 is 15.9 Å². The Hall–Kier alpha value is -4.89. The summed E-state index contributed by atoms with van der Waals surface area (Å²) in [4.78, 5) is 14.9. The number of amidine groups is 2. The largest absolute Gasteiger partial charge is 0.508 e. The molecule has 2 aliphatic rings. The fourth-order valence-corrected chi connectivity index (χ4v) is 6.45. The quantitative estimate of drug-likeness (QED) is 0.194. The van der Waals surface area contributed by atoms with E-state index >= 15 is 0 Å². The van der Waals surface area contributed by atoms with Crippen LogP contribution in [-0.2, 0) is 0 Å². The van der Waals surface area contributed by atoms with Gasteiger partial charge in [-0.3, -0.25) is 0 Å². The summed E-state index contributed by atoms with van der Waals surface area (Å²) in [6, 6.07) is 31.6. The van der Waals surface area contributed by atoms with Crippen molar-refractivity contribution in [2.24, 2.45) is 9.98 Å². The van der Waals surface area contributed by atoms with Gasteiger partial charge in [-0.25, -0.2) is 14.7 Å². The minimum atomic E-state index is -0.425. The van der Waals surface area contributed by atoms with Gasteiger partial charge in [0.05, 0.1) is 28.8 Å². The molecule has 2 aliphatic heterocycles. The van der Waals surface area contributed by atoms with E-state index in [4.69, 9.17) is 15.1 Å². The highest BCUT2D eigenvalue weighted by molar-refractivity contribution is 9.10. The molecule has 8 nitrogen and oxygen atoms in total. The van der Waals surface area contributed by atoms with Crippen molar-refractivity contribution < 1.29 is 5.11 Å². The maximum Gasteiger partial charge on any atom is 0.179 e. The fraction of sp³-hybridized carbons (Fsp3) is 0.171. The molecule has 0 unspecified atom stereocenters. The van der Waals surface area contributed by atoms with Crippen molar-refractivity contribution in [1.82, 2.24) is 9.78 Å². The van der Waals surface area contributed by atoms with Crippen molar-refractivity contribution in [1.29, 1.82) is 0 Å². The number of fused-ring (bicyclic) bond motifs is 4. The molecule has 0 saturated carbocycles. The van der Waals surface area contributed by atoms with Gasteiger partial charge in [0.15, 0.2) is 17.5 Å². The lowest BCUT2D eigenvalue weighted by Gasteiger charge is -2.40. The number of phenolic OH excluding ortho intramolecular Hbond substituents is 1. The maximum absolute atomic E-state index is 11.3. The molecule has 0 amide bonds. The van der Waals surface area contributed by atoms with Gasteiger partial charge in [-0.05, 0) is 87.5 Å². The zero-order valence-corrected chi connectivity index (χ0v) is 26.3. The van der Waals surface area contributed by atoms with Crippen LogP contribution in [0.5, 0.6) is 5.75 Å². The first kappa shape index (κ1) is 27.9. The van der Waals surface area contributed by atoms with Crippen LogP contribution in [0.4, 0.5) is 28.6 Å². The molecule has 1 aromatic heterocycles. The van der Waals surface area contributed by atoms with Gasteiger partial charge in [0, 0.05) is 40.1 Å². The van der Waals surface area contributed by atoms with E-state index in [1.165, 1.54) is 5.69 Å². The first-order valence-corrected chi connectivity index (χ1v) is 15.6. The Balaban J connectivity index is 1.44. The molecule has 0 aliphatic carbocycles. The molecule has 0 fully saturated rings. The third-order valence-corrected chi connectivity index (χ3v) is 8.68. The molecule has 0 spiro atoms. The van der Waals surface area contributed by atoms with Crippen LogP contribution in [0, 0.1) is 6.92 Å². The Morgan fingerprint density at radius 1 is 0.886 bits per heavy atom. The summed E-state index contributed by atoms with van der Waals surface area (Å²) in [5.74, 6) is 2.15. The van der Waals surface area contributed by atoms with Gasteiger partial charge in [0.25, 0.3) is 0 Å². The first-order chi connectivity index (χ1) is 21.5. The minimum absolute atomic E-state index is 0.193. The topological polar surface area (TPSA) is 81.3 Å². The molecule has 9 heteroatoms. The van der Waals surface area contributed by atoms with Gasteiger partial charge in [-0.15, -0.1) is 0 Å². The number of phenols is 1. The number of aliphatic imine (C=N–C) groups is 2. The summed E-state index contributed by atoms with van der Waals surface area (Å²) in [6.45, 7) is 8.21. The van der Waals surface area contributed by atoms with Gasteiger partial charge in [0.1, 0.15) is 5.75 Å². The number of aromatic nitrogens is 2. The van der Waals surface area contributed by atoms with E-state index in [2.05, 4.69) is 69.2 Å². The van der Waals surface area contributed by atoms with Crippen LogP contribution in [0.15, 0.2) is 112 Å². The first-order valence-electron chi connectivity index (χ1n) is 14.8. The number of anilines is 3. The lowest BCUT2D eigenvalue weighted by atomic mass is 9.92. The van der Waals surface area contributed by atoms with Crippen molar-refractivity contribution in [2.45, 2.75) is 26.8 Å².